The SMILES string of the molecule is C=Cc1c(C=C)c(C)c2ccccc2c1C.CC.CC. The molecule has 0 saturated heterocycles. The second-order valence-corrected chi connectivity index (χ2v) is 4.03. The molecule has 0 atom stereocenters. The average Bonchev–Trinajstić information content (AvgIpc) is 2.54. The number of aryl methyl sites for hydroxylation is 2. The highest BCUT2D eigenvalue weighted by Gasteiger charge is 2.09. The minimum atomic E-state index is 1.20. The third kappa shape index (κ3) is 3.39. The Kier molecular flexibility index (Phi) is 8.31. The van der Waals surface area contributed by atoms with Gasteiger partial charge in [0, 0.05) is 0 Å². The van der Waals surface area contributed by atoms with Crippen LogP contribution in [0, 0.1) is 13.8 Å². The van der Waals surface area contributed by atoms with Crippen molar-refractivity contribution in [3.8, 4) is 0 Å². The minimum Gasteiger partial charge on any atom is -0.0984 e. The number of hydrogen-bond acceptors (Lipinski definition) is 0. The van der Waals surface area contributed by atoms with E-state index in [0.29, 0.717) is 0 Å². The first-order valence-corrected chi connectivity index (χ1v) is 7.47. The molecule has 0 spiro atoms. The topological polar surface area (TPSA) is 0 Å². The Hall–Kier alpha value is -1.82. The predicted octanol–water partition coefficient (Wildman–Crippen LogP) is 6.80. The molecule has 2 rings (SSSR count). The molecule has 0 N–H and O–H groups in total. The van der Waals surface area contributed by atoms with Gasteiger partial charge in [0.05, 0.1) is 0 Å². The highest BCUT2D eigenvalue weighted by Crippen LogP contribution is 2.30. The van der Waals surface area contributed by atoms with Gasteiger partial charge < -0.3 is 0 Å². The Balaban J connectivity index is 0.000000829. The number of hydrogen-bond donors (Lipinski definition) is 0. The molecule has 0 nitrogen and oxygen atoms in total. The molecular weight excluding hydrogens is 240 g/mol. The maximum Gasteiger partial charge on any atom is -0.0146 e. The van der Waals surface area contributed by atoms with Crippen molar-refractivity contribution in [1.29, 1.82) is 0 Å². The zero-order chi connectivity index (χ0) is 15.7. The maximum atomic E-state index is 3.90. The molecule has 0 aliphatic rings. The lowest BCUT2D eigenvalue weighted by Gasteiger charge is -2.14. The van der Waals surface area contributed by atoms with Crippen molar-refractivity contribution in [1.82, 2.24) is 0 Å². The molecule has 0 bridgehead atoms. The van der Waals surface area contributed by atoms with E-state index >= 15 is 0 Å². The fraction of sp³-hybridized carbons (Fsp3) is 0.300. The first-order valence-electron chi connectivity index (χ1n) is 7.47. The van der Waals surface area contributed by atoms with Gasteiger partial charge in [-0.25, -0.2) is 0 Å². The van der Waals surface area contributed by atoms with Gasteiger partial charge in [0.15, 0.2) is 0 Å². The summed E-state index contributed by atoms with van der Waals surface area (Å²) in [5.41, 5.74) is 4.97. The van der Waals surface area contributed by atoms with Gasteiger partial charge in [-0.3, -0.25) is 0 Å². The molecule has 20 heavy (non-hydrogen) atoms. The van der Waals surface area contributed by atoms with E-state index in [4.69, 9.17) is 0 Å². The molecule has 0 unspecified atom stereocenters. The zero-order valence-electron chi connectivity index (χ0n) is 13.9. The van der Waals surface area contributed by atoms with Crippen LogP contribution in [0.25, 0.3) is 22.9 Å². The second-order valence-electron chi connectivity index (χ2n) is 4.03. The lowest BCUT2D eigenvalue weighted by Crippen LogP contribution is -1.93. The molecule has 0 aliphatic carbocycles. The van der Waals surface area contributed by atoms with Crippen LogP contribution in [-0.4, -0.2) is 0 Å². The van der Waals surface area contributed by atoms with Gasteiger partial charge in [0.1, 0.15) is 0 Å². The standard InChI is InChI=1S/C16H16.2C2H6/c1-5-13-11(3)15-9-7-8-10-16(15)12(4)14(13)6-2;2*1-2/h5-10H,1-2H2,3-4H3;2*1-2H3. The van der Waals surface area contributed by atoms with Gasteiger partial charge in [0.25, 0.3) is 0 Å². The van der Waals surface area contributed by atoms with E-state index in [1.54, 1.807) is 0 Å². The van der Waals surface area contributed by atoms with Crippen LogP contribution in [0.1, 0.15) is 49.9 Å². The third-order valence-corrected chi connectivity index (χ3v) is 3.24. The predicted molar refractivity (Wildman–Crippen MR) is 96.3 cm³/mol. The van der Waals surface area contributed by atoms with Crippen LogP contribution < -0.4 is 0 Å². The van der Waals surface area contributed by atoms with Crippen molar-refractivity contribution >= 4 is 22.9 Å². The van der Waals surface area contributed by atoms with Crippen molar-refractivity contribution in [3.63, 3.8) is 0 Å². The lowest BCUT2D eigenvalue weighted by molar-refractivity contribution is 1.41. The monoisotopic (exact) mass is 268 g/mol. The van der Waals surface area contributed by atoms with Crippen LogP contribution in [0.3, 0.4) is 0 Å². The van der Waals surface area contributed by atoms with Crippen molar-refractivity contribution in [2.45, 2.75) is 41.5 Å². The molecule has 108 valence electrons. The van der Waals surface area contributed by atoms with Crippen molar-refractivity contribution in [2.24, 2.45) is 0 Å². The van der Waals surface area contributed by atoms with E-state index in [1.165, 1.54) is 33.0 Å². The Morgan fingerprint density at radius 1 is 0.700 bits per heavy atom. The smallest absolute Gasteiger partial charge is 0.0146 e. The molecule has 0 saturated carbocycles. The van der Waals surface area contributed by atoms with Gasteiger partial charge in [0.2, 0.25) is 0 Å². The quantitative estimate of drug-likeness (QED) is 0.562. The Bertz CT molecular complexity index is 522. The average molecular weight is 268 g/mol. The molecule has 0 aliphatic heterocycles. The third-order valence-electron chi connectivity index (χ3n) is 3.24. The molecule has 0 amide bonds. The number of rotatable bonds is 2. The van der Waals surface area contributed by atoms with Crippen molar-refractivity contribution in [3.05, 3.63) is 59.7 Å². The minimum absolute atomic E-state index is 1.20. The van der Waals surface area contributed by atoms with E-state index in [0.717, 1.165) is 0 Å². The Labute approximate surface area is 124 Å². The van der Waals surface area contributed by atoms with E-state index < -0.39 is 0 Å². The summed E-state index contributed by atoms with van der Waals surface area (Å²) in [6, 6.07) is 8.49. The van der Waals surface area contributed by atoms with Crippen LogP contribution in [-0.2, 0) is 0 Å². The second kappa shape index (κ2) is 9.14. The zero-order valence-corrected chi connectivity index (χ0v) is 13.9. The van der Waals surface area contributed by atoms with E-state index in [2.05, 4.69) is 51.3 Å². The van der Waals surface area contributed by atoms with Crippen LogP contribution in [0.2, 0.25) is 0 Å². The molecule has 0 heteroatoms. The van der Waals surface area contributed by atoms with E-state index in [9.17, 15) is 0 Å². The summed E-state index contributed by atoms with van der Waals surface area (Å²) >= 11 is 0. The number of fused-ring (bicyclic) bond motifs is 1. The van der Waals surface area contributed by atoms with Gasteiger partial charge in [-0.15, -0.1) is 0 Å². The summed E-state index contributed by atoms with van der Waals surface area (Å²) in [4.78, 5) is 0. The lowest BCUT2D eigenvalue weighted by atomic mass is 9.90. The molecule has 0 aromatic heterocycles. The summed E-state index contributed by atoms with van der Waals surface area (Å²) in [5, 5.41) is 2.61. The van der Waals surface area contributed by atoms with Crippen LogP contribution in [0.15, 0.2) is 37.4 Å². The summed E-state index contributed by atoms with van der Waals surface area (Å²) < 4.78 is 0. The molecule has 0 heterocycles. The number of benzene rings is 2. The van der Waals surface area contributed by atoms with Crippen molar-refractivity contribution in [2.75, 3.05) is 0 Å². The van der Waals surface area contributed by atoms with Crippen LogP contribution >= 0.6 is 0 Å². The molecule has 0 fully saturated rings. The first kappa shape index (κ1) is 18.2. The Morgan fingerprint density at radius 2 is 1.00 bits per heavy atom. The van der Waals surface area contributed by atoms with E-state index in [-0.39, 0.29) is 0 Å². The Morgan fingerprint density at radius 3 is 1.25 bits per heavy atom. The van der Waals surface area contributed by atoms with Crippen LogP contribution in [0.4, 0.5) is 0 Å². The summed E-state index contributed by atoms with van der Waals surface area (Å²) in [6.07, 6.45) is 3.84. The fourth-order valence-electron chi connectivity index (χ4n) is 2.36. The van der Waals surface area contributed by atoms with E-state index in [1.807, 2.05) is 39.8 Å². The maximum absolute atomic E-state index is 3.90. The molecule has 0 radical (unpaired) electrons. The van der Waals surface area contributed by atoms with Gasteiger partial charge in [-0.2, -0.15) is 0 Å². The first-order chi connectivity index (χ1) is 9.70. The van der Waals surface area contributed by atoms with Gasteiger partial charge in [-0.1, -0.05) is 77.3 Å². The molecule has 2 aromatic carbocycles. The van der Waals surface area contributed by atoms with Gasteiger partial charge in [-0.05, 0) is 46.9 Å². The summed E-state index contributed by atoms with van der Waals surface area (Å²) in [7, 11) is 0. The normalized spacial score (nSPS) is 8.90. The van der Waals surface area contributed by atoms with Crippen molar-refractivity contribution < 1.29 is 0 Å². The summed E-state index contributed by atoms with van der Waals surface area (Å²) in [6.45, 7) is 20.1. The van der Waals surface area contributed by atoms with Crippen LogP contribution in [0.5, 0.6) is 0 Å². The largest absolute Gasteiger partial charge is 0.0984 e. The highest BCUT2D eigenvalue weighted by atomic mass is 14.1. The molecule has 2 aromatic rings. The molecular formula is C20H28. The summed E-state index contributed by atoms with van der Waals surface area (Å²) in [5.74, 6) is 0. The van der Waals surface area contributed by atoms with Gasteiger partial charge >= 0.3 is 0 Å². The fourth-order valence-corrected chi connectivity index (χ4v) is 2.36. The highest BCUT2D eigenvalue weighted by molar-refractivity contribution is 5.95.